The van der Waals surface area contributed by atoms with Gasteiger partial charge in [-0.2, -0.15) is 0 Å². The molecule has 0 fully saturated rings. The van der Waals surface area contributed by atoms with E-state index >= 15 is 0 Å². The van der Waals surface area contributed by atoms with Gasteiger partial charge in [-0.25, -0.2) is 4.98 Å². The van der Waals surface area contributed by atoms with Gasteiger partial charge in [0.1, 0.15) is 42.4 Å². The van der Waals surface area contributed by atoms with Crippen molar-refractivity contribution in [2.24, 2.45) is 0 Å². The Balaban J connectivity index is 0.00000267. The number of nitrogens with one attached hydrogen (secondary N) is 1. The fraction of sp³-hybridized carbons (Fsp3) is 0.276. The molecule has 2 N–H and O–H groups in total. The summed E-state index contributed by atoms with van der Waals surface area (Å²) in [5, 5.41) is 13.7. The average molecular weight is 595 g/mol. The van der Waals surface area contributed by atoms with Crippen molar-refractivity contribution in [3.8, 4) is 34.2 Å². The molecule has 0 bridgehead atoms. The van der Waals surface area contributed by atoms with Crippen LogP contribution in [0.15, 0.2) is 79.0 Å². The minimum absolute atomic E-state index is 0. The number of imidazole rings is 1. The van der Waals surface area contributed by atoms with E-state index in [4.69, 9.17) is 30.8 Å². The Labute approximate surface area is 246 Å². The number of halogens is 3. The fourth-order valence-electron chi connectivity index (χ4n) is 3.67. The van der Waals surface area contributed by atoms with E-state index in [2.05, 4.69) is 5.32 Å². The number of rotatable bonds is 13. The summed E-state index contributed by atoms with van der Waals surface area (Å²) >= 11 is 5.96. The Hall–Kier alpha value is -2.78. The standard InChI is InChI=1S/C29H32ClN3O4.2ClH/c1-3-31-17-24(34)19-36-25-11-5-21(6-12-25)28-18-33(29(32-28)20-35-4-2)23-9-15-27(16-10-23)37-26-13-7-22(30)8-14-26;;/h5-16,18,24,31,34H,3-4,17,19-20H2,1-2H3;2*1H/t24-;;/m0../s1. The molecule has 4 rings (SSSR count). The lowest BCUT2D eigenvalue weighted by atomic mass is 10.1. The Bertz CT molecular complexity index is 1250. The zero-order valence-corrected chi connectivity index (χ0v) is 24.3. The maximum atomic E-state index is 9.96. The number of aliphatic hydroxyl groups is 1. The third-order valence-corrected chi connectivity index (χ3v) is 5.85. The van der Waals surface area contributed by atoms with Crippen molar-refractivity contribution in [3.63, 3.8) is 0 Å². The van der Waals surface area contributed by atoms with Crippen molar-refractivity contribution in [3.05, 3.63) is 89.8 Å². The summed E-state index contributed by atoms with van der Waals surface area (Å²) in [5.74, 6) is 2.95. The van der Waals surface area contributed by atoms with Crippen molar-refractivity contribution < 1.29 is 19.3 Å². The van der Waals surface area contributed by atoms with Crippen molar-refractivity contribution in [1.29, 1.82) is 0 Å². The molecule has 0 aliphatic heterocycles. The molecule has 7 nitrogen and oxygen atoms in total. The van der Waals surface area contributed by atoms with E-state index in [1.165, 1.54) is 0 Å². The summed E-state index contributed by atoms with van der Waals surface area (Å²) in [6, 6.07) is 22.8. The van der Waals surface area contributed by atoms with E-state index in [0.29, 0.717) is 30.5 Å². The molecule has 39 heavy (non-hydrogen) atoms. The summed E-state index contributed by atoms with van der Waals surface area (Å²) in [6.07, 6.45) is 1.44. The first kappa shape index (κ1) is 32.4. The molecule has 0 saturated heterocycles. The molecule has 3 aromatic carbocycles. The monoisotopic (exact) mass is 593 g/mol. The molecular formula is C29H34Cl3N3O4. The lowest BCUT2D eigenvalue weighted by Gasteiger charge is -2.12. The second kappa shape index (κ2) is 16.4. The SMILES string of the molecule is CCNC[C@H](O)COc1ccc(-c2cn(-c3ccc(Oc4ccc(Cl)cc4)cc3)c(COCC)n2)cc1.Cl.Cl. The smallest absolute Gasteiger partial charge is 0.140 e. The summed E-state index contributed by atoms with van der Waals surface area (Å²) in [5.41, 5.74) is 2.74. The molecule has 0 spiro atoms. The number of benzene rings is 3. The van der Waals surface area contributed by atoms with Gasteiger partial charge in [-0.1, -0.05) is 18.5 Å². The Morgan fingerprint density at radius 1 is 0.897 bits per heavy atom. The van der Waals surface area contributed by atoms with Crippen LogP contribution in [-0.4, -0.2) is 47.1 Å². The molecule has 10 heteroatoms. The van der Waals surface area contributed by atoms with Crippen LogP contribution in [0, 0.1) is 0 Å². The first-order chi connectivity index (χ1) is 18.1. The van der Waals surface area contributed by atoms with Crippen LogP contribution in [0.3, 0.4) is 0 Å². The molecule has 1 heterocycles. The zero-order valence-electron chi connectivity index (χ0n) is 21.9. The predicted octanol–water partition coefficient (Wildman–Crippen LogP) is 6.71. The Morgan fingerprint density at radius 3 is 2.13 bits per heavy atom. The van der Waals surface area contributed by atoms with Crippen LogP contribution in [-0.2, 0) is 11.3 Å². The van der Waals surface area contributed by atoms with Gasteiger partial charge >= 0.3 is 0 Å². The first-order valence-corrected chi connectivity index (χ1v) is 12.8. The topological polar surface area (TPSA) is 77.8 Å². The van der Waals surface area contributed by atoms with Crippen LogP contribution in [0.2, 0.25) is 5.02 Å². The minimum Gasteiger partial charge on any atom is -0.491 e. The van der Waals surface area contributed by atoms with E-state index in [1.807, 2.05) is 85.3 Å². The van der Waals surface area contributed by atoms with Gasteiger partial charge in [0, 0.05) is 35.6 Å². The maximum Gasteiger partial charge on any atom is 0.140 e. The molecule has 0 aliphatic carbocycles. The van der Waals surface area contributed by atoms with Crippen LogP contribution >= 0.6 is 36.4 Å². The third-order valence-electron chi connectivity index (χ3n) is 5.60. The predicted molar refractivity (Wildman–Crippen MR) is 160 cm³/mol. The molecule has 210 valence electrons. The number of aromatic nitrogens is 2. The number of aliphatic hydroxyl groups excluding tert-OH is 1. The fourth-order valence-corrected chi connectivity index (χ4v) is 3.80. The Kier molecular flexibility index (Phi) is 13.6. The van der Waals surface area contributed by atoms with Gasteiger partial charge < -0.3 is 29.2 Å². The van der Waals surface area contributed by atoms with Gasteiger partial charge in [0.2, 0.25) is 0 Å². The van der Waals surface area contributed by atoms with E-state index in [1.54, 1.807) is 12.1 Å². The first-order valence-electron chi connectivity index (χ1n) is 12.4. The number of hydrogen-bond acceptors (Lipinski definition) is 6. The van der Waals surface area contributed by atoms with Gasteiger partial charge in [0.25, 0.3) is 0 Å². The van der Waals surface area contributed by atoms with Gasteiger partial charge in [0.15, 0.2) is 0 Å². The summed E-state index contributed by atoms with van der Waals surface area (Å²) in [6.45, 7) is 6.50. The van der Waals surface area contributed by atoms with Gasteiger partial charge in [-0.3, -0.25) is 0 Å². The normalized spacial score (nSPS) is 11.3. The second-order valence-corrected chi connectivity index (χ2v) is 8.83. The molecule has 0 saturated carbocycles. The molecule has 1 atom stereocenters. The number of likely N-dealkylation sites (N-methyl/N-ethyl adjacent to an activating group) is 1. The van der Waals surface area contributed by atoms with Crippen LogP contribution in [0.1, 0.15) is 19.7 Å². The highest BCUT2D eigenvalue weighted by molar-refractivity contribution is 6.30. The number of hydrogen-bond donors (Lipinski definition) is 2. The Morgan fingerprint density at radius 2 is 1.51 bits per heavy atom. The largest absolute Gasteiger partial charge is 0.491 e. The summed E-state index contributed by atoms with van der Waals surface area (Å²) in [7, 11) is 0. The van der Waals surface area contributed by atoms with E-state index < -0.39 is 6.10 Å². The zero-order chi connectivity index (χ0) is 26.0. The average Bonchev–Trinajstić information content (AvgIpc) is 3.35. The lowest BCUT2D eigenvalue weighted by Crippen LogP contribution is -2.31. The van der Waals surface area contributed by atoms with Gasteiger partial charge in [-0.05, 0) is 86.3 Å². The van der Waals surface area contributed by atoms with Crippen LogP contribution < -0.4 is 14.8 Å². The molecular weight excluding hydrogens is 561 g/mol. The quantitative estimate of drug-likeness (QED) is 0.179. The third kappa shape index (κ3) is 9.42. The van der Waals surface area contributed by atoms with Gasteiger partial charge in [-0.15, -0.1) is 24.8 Å². The number of nitrogens with zero attached hydrogens (tertiary/aromatic N) is 2. The van der Waals surface area contributed by atoms with E-state index in [9.17, 15) is 5.11 Å². The number of ether oxygens (including phenoxy) is 3. The molecule has 1 aromatic heterocycles. The van der Waals surface area contributed by atoms with Crippen LogP contribution in [0.25, 0.3) is 16.9 Å². The highest BCUT2D eigenvalue weighted by Crippen LogP contribution is 2.27. The van der Waals surface area contributed by atoms with E-state index in [0.717, 1.165) is 40.8 Å². The highest BCUT2D eigenvalue weighted by Gasteiger charge is 2.13. The van der Waals surface area contributed by atoms with Crippen LogP contribution in [0.5, 0.6) is 17.2 Å². The summed E-state index contributed by atoms with van der Waals surface area (Å²) < 4.78 is 19.3. The van der Waals surface area contributed by atoms with Crippen molar-refractivity contribution in [1.82, 2.24) is 14.9 Å². The minimum atomic E-state index is -0.556. The van der Waals surface area contributed by atoms with Crippen LogP contribution in [0.4, 0.5) is 0 Å². The molecule has 0 unspecified atom stereocenters. The second-order valence-electron chi connectivity index (χ2n) is 8.40. The van der Waals surface area contributed by atoms with E-state index in [-0.39, 0.29) is 31.4 Å². The summed E-state index contributed by atoms with van der Waals surface area (Å²) in [4.78, 5) is 4.84. The molecule has 0 aliphatic rings. The van der Waals surface area contributed by atoms with Gasteiger partial charge in [0.05, 0.1) is 5.69 Å². The molecule has 4 aromatic rings. The lowest BCUT2D eigenvalue weighted by molar-refractivity contribution is 0.107. The van der Waals surface area contributed by atoms with Crippen molar-refractivity contribution >= 4 is 36.4 Å². The highest BCUT2D eigenvalue weighted by atomic mass is 35.5. The maximum absolute atomic E-state index is 9.96. The molecule has 0 amide bonds. The molecule has 0 radical (unpaired) electrons. The van der Waals surface area contributed by atoms with Crippen molar-refractivity contribution in [2.45, 2.75) is 26.6 Å². The van der Waals surface area contributed by atoms with Crippen molar-refractivity contribution in [2.75, 3.05) is 26.3 Å².